The summed E-state index contributed by atoms with van der Waals surface area (Å²) in [6, 6.07) is 10.7. The fraction of sp³-hybridized carbons (Fsp3) is 0.650. The molecule has 4 saturated carbocycles. The quantitative estimate of drug-likeness (QED) is 0.800. The molecule has 0 aromatic heterocycles. The van der Waals surface area contributed by atoms with E-state index in [1.54, 1.807) is 0 Å². The third kappa shape index (κ3) is 2.03. The summed E-state index contributed by atoms with van der Waals surface area (Å²) in [5.74, 6) is 1.08. The van der Waals surface area contributed by atoms with Gasteiger partial charge in [0.1, 0.15) is 0 Å². The van der Waals surface area contributed by atoms with E-state index >= 15 is 0 Å². The first-order valence-corrected chi connectivity index (χ1v) is 9.33. The summed E-state index contributed by atoms with van der Waals surface area (Å²) >= 11 is 6.12. The highest BCUT2D eigenvalue weighted by atomic mass is 35.5. The predicted octanol–water partition coefficient (Wildman–Crippen LogP) is 4.85. The summed E-state index contributed by atoms with van der Waals surface area (Å²) in [6.45, 7) is 2.37. The van der Waals surface area contributed by atoms with Crippen LogP contribution in [0.4, 0.5) is 0 Å². The molecule has 0 heterocycles. The van der Waals surface area contributed by atoms with Crippen molar-refractivity contribution in [3.05, 3.63) is 35.9 Å². The standard InChI is InChI=1S/C20H25ClO2/c1-18(7-8-21)15-9-19(14-5-3-2-4-6-14)10-16(18)12-20(11-15,13-19)17(22)23/h2-6,15-16H,7-13H2,1H3,(H,22,23). The van der Waals surface area contributed by atoms with Crippen LogP contribution in [0.5, 0.6) is 0 Å². The molecule has 4 aliphatic rings. The van der Waals surface area contributed by atoms with Crippen molar-refractivity contribution in [2.24, 2.45) is 22.7 Å². The number of halogens is 1. The molecule has 3 heteroatoms. The maximum Gasteiger partial charge on any atom is 0.309 e. The van der Waals surface area contributed by atoms with Crippen LogP contribution in [0.25, 0.3) is 0 Å². The molecule has 1 N–H and O–H groups in total. The van der Waals surface area contributed by atoms with Gasteiger partial charge < -0.3 is 5.11 Å². The highest BCUT2D eigenvalue weighted by molar-refractivity contribution is 6.17. The molecular weight excluding hydrogens is 308 g/mol. The summed E-state index contributed by atoms with van der Waals surface area (Å²) in [5.41, 5.74) is 1.14. The average molecular weight is 333 g/mol. The molecule has 0 saturated heterocycles. The van der Waals surface area contributed by atoms with Crippen molar-refractivity contribution in [1.82, 2.24) is 0 Å². The van der Waals surface area contributed by atoms with Crippen molar-refractivity contribution in [2.75, 3.05) is 5.88 Å². The Bertz CT molecular complexity index is 608. The predicted molar refractivity (Wildman–Crippen MR) is 91.7 cm³/mol. The van der Waals surface area contributed by atoms with Gasteiger partial charge in [-0.2, -0.15) is 0 Å². The van der Waals surface area contributed by atoms with Crippen LogP contribution in [0.15, 0.2) is 30.3 Å². The van der Waals surface area contributed by atoms with Gasteiger partial charge in [0.2, 0.25) is 0 Å². The van der Waals surface area contributed by atoms with Crippen LogP contribution in [0.3, 0.4) is 0 Å². The molecule has 4 bridgehead atoms. The number of carboxylic acids is 1. The summed E-state index contributed by atoms with van der Waals surface area (Å²) < 4.78 is 0. The number of hydrogen-bond donors (Lipinski definition) is 1. The molecule has 4 fully saturated rings. The maximum atomic E-state index is 12.2. The SMILES string of the molecule is CC1(CCCl)C2CC3(C(=O)O)CC1CC(c1ccccc1)(C2)C3. The molecule has 2 nitrogen and oxygen atoms in total. The Morgan fingerprint density at radius 2 is 1.78 bits per heavy atom. The first-order chi connectivity index (χ1) is 10.9. The van der Waals surface area contributed by atoms with E-state index in [9.17, 15) is 9.90 Å². The molecule has 124 valence electrons. The molecule has 4 aliphatic carbocycles. The lowest BCUT2D eigenvalue weighted by atomic mass is 9.36. The lowest BCUT2D eigenvalue weighted by molar-refractivity contribution is -0.189. The van der Waals surface area contributed by atoms with Crippen LogP contribution < -0.4 is 0 Å². The lowest BCUT2D eigenvalue weighted by Gasteiger charge is -2.67. The second-order valence-corrected chi connectivity index (χ2v) is 8.94. The highest BCUT2D eigenvalue weighted by Crippen LogP contribution is 2.71. The van der Waals surface area contributed by atoms with Crippen LogP contribution in [0.2, 0.25) is 0 Å². The fourth-order valence-corrected chi connectivity index (χ4v) is 6.80. The topological polar surface area (TPSA) is 37.3 Å². The number of carbonyl (C=O) groups is 1. The van der Waals surface area contributed by atoms with Crippen molar-refractivity contribution in [3.63, 3.8) is 0 Å². The van der Waals surface area contributed by atoms with Gasteiger partial charge in [0.25, 0.3) is 0 Å². The van der Waals surface area contributed by atoms with Gasteiger partial charge in [0.05, 0.1) is 5.41 Å². The Hall–Kier alpha value is -1.02. The van der Waals surface area contributed by atoms with Crippen LogP contribution in [0, 0.1) is 22.7 Å². The van der Waals surface area contributed by atoms with E-state index in [1.807, 2.05) is 0 Å². The number of rotatable bonds is 4. The second-order valence-electron chi connectivity index (χ2n) is 8.56. The van der Waals surface area contributed by atoms with Crippen LogP contribution in [-0.4, -0.2) is 17.0 Å². The number of carboxylic acid groups (broad SMARTS) is 1. The van der Waals surface area contributed by atoms with Crippen molar-refractivity contribution < 1.29 is 9.90 Å². The van der Waals surface area contributed by atoms with E-state index in [4.69, 9.17) is 11.6 Å². The molecule has 2 unspecified atom stereocenters. The van der Waals surface area contributed by atoms with Gasteiger partial charge in [-0.3, -0.25) is 4.79 Å². The second kappa shape index (κ2) is 4.99. The zero-order chi connectivity index (χ0) is 16.3. The van der Waals surface area contributed by atoms with Gasteiger partial charge in [-0.1, -0.05) is 37.3 Å². The van der Waals surface area contributed by atoms with Gasteiger partial charge in [0, 0.05) is 5.88 Å². The zero-order valence-corrected chi connectivity index (χ0v) is 14.5. The first kappa shape index (κ1) is 15.5. The molecule has 5 rings (SSSR count). The van der Waals surface area contributed by atoms with Gasteiger partial charge >= 0.3 is 5.97 Å². The Kier molecular flexibility index (Phi) is 3.36. The van der Waals surface area contributed by atoms with Gasteiger partial charge in [-0.05, 0) is 66.8 Å². The Morgan fingerprint density at radius 1 is 1.17 bits per heavy atom. The number of alkyl halides is 1. The van der Waals surface area contributed by atoms with Gasteiger partial charge in [0.15, 0.2) is 0 Å². The van der Waals surface area contributed by atoms with Gasteiger partial charge in [-0.25, -0.2) is 0 Å². The number of hydrogen-bond acceptors (Lipinski definition) is 1. The monoisotopic (exact) mass is 332 g/mol. The summed E-state index contributed by atoms with van der Waals surface area (Å²) in [6.07, 6.45) is 5.81. The fourth-order valence-electron chi connectivity index (χ4n) is 6.39. The average Bonchev–Trinajstić information content (AvgIpc) is 2.53. The highest BCUT2D eigenvalue weighted by Gasteiger charge is 2.67. The molecule has 1 aromatic rings. The van der Waals surface area contributed by atoms with Crippen LogP contribution >= 0.6 is 11.6 Å². The zero-order valence-electron chi connectivity index (χ0n) is 13.7. The van der Waals surface area contributed by atoms with E-state index in [-0.39, 0.29) is 10.8 Å². The third-order valence-corrected chi connectivity index (χ3v) is 7.75. The third-order valence-electron chi connectivity index (χ3n) is 7.56. The summed E-state index contributed by atoms with van der Waals surface area (Å²) in [4.78, 5) is 12.2. The minimum atomic E-state index is -0.569. The van der Waals surface area contributed by atoms with Crippen molar-refractivity contribution >= 4 is 17.6 Å². The molecule has 2 atom stereocenters. The lowest BCUT2D eigenvalue weighted by Crippen LogP contribution is -2.63. The van der Waals surface area contributed by atoms with Crippen molar-refractivity contribution in [3.8, 4) is 0 Å². The van der Waals surface area contributed by atoms with Crippen molar-refractivity contribution in [1.29, 1.82) is 0 Å². The van der Waals surface area contributed by atoms with Gasteiger partial charge in [-0.15, -0.1) is 11.6 Å². The Labute approximate surface area is 143 Å². The van der Waals surface area contributed by atoms with E-state index in [0.717, 1.165) is 38.5 Å². The smallest absolute Gasteiger partial charge is 0.309 e. The van der Waals surface area contributed by atoms with E-state index in [1.165, 1.54) is 5.56 Å². The minimum Gasteiger partial charge on any atom is -0.481 e. The van der Waals surface area contributed by atoms with Crippen LogP contribution in [0.1, 0.15) is 51.0 Å². The molecule has 23 heavy (non-hydrogen) atoms. The molecule has 0 aliphatic heterocycles. The first-order valence-electron chi connectivity index (χ1n) is 8.79. The van der Waals surface area contributed by atoms with E-state index in [0.29, 0.717) is 17.7 Å². The maximum absolute atomic E-state index is 12.2. The normalized spacial score (nSPS) is 44.4. The largest absolute Gasteiger partial charge is 0.481 e. The van der Waals surface area contributed by atoms with Crippen molar-refractivity contribution in [2.45, 2.75) is 50.9 Å². The number of benzene rings is 1. The van der Waals surface area contributed by atoms with E-state index in [2.05, 4.69) is 37.3 Å². The number of aliphatic carboxylic acids is 1. The summed E-state index contributed by atoms with van der Waals surface area (Å²) in [7, 11) is 0. The molecule has 0 amide bonds. The summed E-state index contributed by atoms with van der Waals surface area (Å²) in [5, 5.41) is 10.0. The van der Waals surface area contributed by atoms with E-state index < -0.39 is 11.4 Å². The molecule has 1 aromatic carbocycles. The Morgan fingerprint density at radius 3 is 2.30 bits per heavy atom. The Balaban J connectivity index is 1.80. The molecule has 0 spiro atoms. The minimum absolute atomic E-state index is 0.0668. The van der Waals surface area contributed by atoms with Crippen LogP contribution in [-0.2, 0) is 10.2 Å². The molecule has 0 radical (unpaired) electrons. The molecular formula is C20H25ClO2.